The van der Waals surface area contributed by atoms with Crippen molar-refractivity contribution in [2.75, 3.05) is 26.2 Å². The summed E-state index contributed by atoms with van der Waals surface area (Å²) < 4.78 is 0. The van der Waals surface area contributed by atoms with Gasteiger partial charge < -0.3 is 10.4 Å². The van der Waals surface area contributed by atoms with Gasteiger partial charge in [-0.2, -0.15) is 0 Å². The predicted molar refractivity (Wildman–Crippen MR) is 67.8 cm³/mol. The molecule has 16 heavy (non-hydrogen) atoms. The minimum absolute atomic E-state index is 0. The van der Waals surface area contributed by atoms with Crippen LogP contribution >= 0.6 is 12.4 Å². The molecule has 0 amide bonds. The zero-order valence-corrected chi connectivity index (χ0v) is 10.2. The third kappa shape index (κ3) is 3.76. The second kappa shape index (κ2) is 6.86. The van der Waals surface area contributed by atoms with Gasteiger partial charge in [-0.1, -0.05) is 24.3 Å². The van der Waals surface area contributed by atoms with Crippen molar-refractivity contribution in [3.63, 3.8) is 0 Å². The number of aliphatic hydroxyl groups is 1. The molecule has 1 aliphatic heterocycles. The Kier molecular flexibility index (Phi) is 5.77. The lowest BCUT2D eigenvalue weighted by atomic mass is 10.1. The first-order valence-corrected chi connectivity index (χ1v) is 5.50. The molecule has 2 N–H and O–H groups in total. The summed E-state index contributed by atoms with van der Waals surface area (Å²) in [5.41, 5.74) is 2.30. The molecule has 0 radical (unpaired) electrons. The van der Waals surface area contributed by atoms with Crippen LogP contribution in [0.15, 0.2) is 24.3 Å². The Morgan fingerprint density at radius 1 is 1.19 bits per heavy atom. The van der Waals surface area contributed by atoms with E-state index in [2.05, 4.69) is 22.3 Å². The standard InChI is InChI=1S/C12H18N2O.ClH/c15-10-12-3-1-2-11(8-12)9-14-6-4-13-5-7-14;/h1-3,8,13,15H,4-7,9-10H2;1H. The molecule has 90 valence electrons. The van der Waals surface area contributed by atoms with Crippen molar-refractivity contribution in [1.82, 2.24) is 10.2 Å². The van der Waals surface area contributed by atoms with Gasteiger partial charge in [0, 0.05) is 32.7 Å². The van der Waals surface area contributed by atoms with Crippen LogP contribution in [0.2, 0.25) is 0 Å². The van der Waals surface area contributed by atoms with Crippen LogP contribution in [-0.2, 0) is 13.2 Å². The maximum Gasteiger partial charge on any atom is 0.0681 e. The van der Waals surface area contributed by atoms with E-state index in [0.29, 0.717) is 0 Å². The van der Waals surface area contributed by atoms with Gasteiger partial charge in [-0.05, 0) is 11.1 Å². The van der Waals surface area contributed by atoms with Crippen LogP contribution in [0.3, 0.4) is 0 Å². The molecule has 0 aromatic heterocycles. The number of hydrogen-bond donors (Lipinski definition) is 2. The molecule has 0 saturated carbocycles. The zero-order valence-electron chi connectivity index (χ0n) is 9.35. The Labute approximate surface area is 103 Å². The normalized spacial score (nSPS) is 16.8. The summed E-state index contributed by atoms with van der Waals surface area (Å²) >= 11 is 0. The Balaban J connectivity index is 0.00000128. The first-order valence-electron chi connectivity index (χ1n) is 5.50. The van der Waals surface area contributed by atoms with Crippen LogP contribution in [0.1, 0.15) is 11.1 Å². The van der Waals surface area contributed by atoms with Crippen LogP contribution in [-0.4, -0.2) is 36.2 Å². The molecule has 1 aromatic carbocycles. The molecule has 0 aliphatic carbocycles. The minimum atomic E-state index is 0. The molecule has 1 fully saturated rings. The van der Waals surface area contributed by atoms with Crippen LogP contribution in [0, 0.1) is 0 Å². The first-order chi connectivity index (χ1) is 7.38. The van der Waals surface area contributed by atoms with Gasteiger partial charge in [0.15, 0.2) is 0 Å². The van der Waals surface area contributed by atoms with Crippen LogP contribution in [0.4, 0.5) is 0 Å². The molecule has 1 saturated heterocycles. The van der Waals surface area contributed by atoms with E-state index < -0.39 is 0 Å². The molecule has 4 heteroatoms. The highest BCUT2D eigenvalue weighted by atomic mass is 35.5. The molecule has 0 atom stereocenters. The Morgan fingerprint density at radius 3 is 2.56 bits per heavy atom. The predicted octanol–water partition coefficient (Wildman–Crippen LogP) is 1.01. The van der Waals surface area contributed by atoms with Crippen LogP contribution < -0.4 is 5.32 Å². The number of aliphatic hydroxyl groups excluding tert-OH is 1. The Morgan fingerprint density at radius 2 is 1.88 bits per heavy atom. The fraction of sp³-hybridized carbons (Fsp3) is 0.500. The number of piperazine rings is 1. The number of benzene rings is 1. The summed E-state index contributed by atoms with van der Waals surface area (Å²) in [5, 5.41) is 12.4. The Bertz CT molecular complexity index is 314. The van der Waals surface area contributed by atoms with Gasteiger partial charge in [-0.3, -0.25) is 4.90 Å². The van der Waals surface area contributed by atoms with Crippen molar-refractivity contribution in [2.45, 2.75) is 13.2 Å². The number of nitrogens with one attached hydrogen (secondary N) is 1. The molecule has 0 unspecified atom stereocenters. The summed E-state index contributed by atoms with van der Waals surface area (Å²) in [6.45, 7) is 5.52. The average Bonchev–Trinajstić information content (AvgIpc) is 2.31. The lowest BCUT2D eigenvalue weighted by Crippen LogP contribution is -2.42. The van der Waals surface area contributed by atoms with E-state index in [-0.39, 0.29) is 19.0 Å². The number of halogens is 1. The van der Waals surface area contributed by atoms with Crippen LogP contribution in [0.25, 0.3) is 0 Å². The van der Waals surface area contributed by atoms with E-state index in [1.807, 2.05) is 12.1 Å². The van der Waals surface area contributed by atoms with Gasteiger partial charge in [0.1, 0.15) is 0 Å². The third-order valence-electron chi connectivity index (χ3n) is 2.79. The molecule has 1 heterocycles. The quantitative estimate of drug-likeness (QED) is 0.831. The van der Waals surface area contributed by atoms with E-state index in [9.17, 15) is 0 Å². The van der Waals surface area contributed by atoms with Crippen molar-refractivity contribution in [3.8, 4) is 0 Å². The molecule has 2 rings (SSSR count). The van der Waals surface area contributed by atoms with E-state index in [1.54, 1.807) is 0 Å². The fourth-order valence-corrected chi connectivity index (χ4v) is 1.95. The molecular formula is C12H19ClN2O. The van der Waals surface area contributed by atoms with Crippen molar-refractivity contribution >= 4 is 12.4 Å². The van der Waals surface area contributed by atoms with E-state index in [0.717, 1.165) is 38.3 Å². The molecule has 1 aliphatic rings. The van der Waals surface area contributed by atoms with Crippen molar-refractivity contribution in [1.29, 1.82) is 0 Å². The summed E-state index contributed by atoms with van der Waals surface area (Å²) in [7, 11) is 0. The second-order valence-corrected chi connectivity index (χ2v) is 4.00. The van der Waals surface area contributed by atoms with Gasteiger partial charge in [0.25, 0.3) is 0 Å². The summed E-state index contributed by atoms with van der Waals surface area (Å²) in [4.78, 5) is 2.44. The van der Waals surface area contributed by atoms with Gasteiger partial charge in [0.05, 0.1) is 6.61 Å². The van der Waals surface area contributed by atoms with Crippen molar-refractivity contribution in [2.24, 2.45) is 0 Å². The molecule has 3 nitrogen and oxygen atoms in total. The summed E-state index contributed by atoms with van der Waals surface area (Å²) in [6.07, 6.45) is 0. The van der Waals surface area contributed by atoms with Gasteiger partial charge >= 0.3 is 0 Å². The smallest absolute Gasteiger partial charge is 0.0681 e. The maximum atomic E-state index is 9.04. The molecule has 0 spiro atoms. The Hall–Kier alpha value is -0.610. The van der Waals surface area contributed by atoms with E-state index in [4.69, 9.17) is 5.11 Å². The summed E-state index contributed by atoms with van der Waals surface area (Å²) in [6, 6.07) is 8.19. The highest BCUT2D eigenvalue weighted by Crippen LogP contribution is 2.08. The third-order valence-corrected chi connectivity index (χ3v) is 2.79. The number of nitrogens with zero attached hydrogens (tertiary/aromatic N) is 1. The maximum absolute atomic E-state index is 9.04. The SMILES string of the molecule is Cl.OCc1cccc(CN2CCNCC2)c1. The molecular weight excluding hydrogens is 224 g/mol. The minimum Gasteiger partial charge on any atom is -0.392 e. The zero-order chi connectivity index (χ0) is 10.5. The lowest BCUT2D eigenvalue weighted by Gasteiger charge is -2.27. The fourth-order valence-electron chi connectivity index (χ4n) is 1.95. The first kappa shape index (κ1) is 13.5. The second-order valence-electron chi connectivity index (χ2n) is 4.00. The number of rotatable bonds is 3. The van der Waals surface area contributed by atoms with Gasteiger partial charge in [0.2, 0.25) is 0 Å². The molecule has 0 bridgehead atoms. The molecule has 1 aromatic rings. The average molecular weight is 243 g/mol. The van der Waals surface area contributed by atoms with Gasteiger partial charge in [-0.15, -0.1) is 12.4 Å². The highest BCUT2D eigenvalue weighted by Gasteiger charge is 2.09. The highest BCUT2D eigenvalue weighted by molar-refractivity contribution is 5.85. The van der Waals surface area contributed by atoms with Gasteiger partial charge in [-0.25, -0.2) is 0 Å². The monoisotopic (exact) mass is 242 g/mol. The van der Waals surface area contributed by atoms with E-state index >= 15 is 0 Å². The van der Waals surface area contributed by atoms with Crippen LogP contribution in [0.5, 0.6) is 0 Å². The van der Waals surface area contributed by atoms with E-state index in [1.165, 1.54) is 5.56 Å². The lowest BCUT2D eigenvalue weighted by molar-refractivity contribution is 0.233. The largest absolute Gasteiger partial charge is 0.392 e. The summed E-state index contributed by atoms with van der Waals surface area (Å²) in [5.74, 6) is 0. The topological polar surface area (TPSA) is 35.5 Å². The van der Waals surface area contributed by atoms with Crippen molar-refractivity contribution < 1.29 is 5.11 Å². The van der Waals surface area contributed by atoms with Crippen molar-refractivity contribution in [3.05, 3.63) is 35.4 Å². The number of hydrogen-bond acceptors (Lipinski definition) is 3.